The summed E-state index contributed by atoms with van der Waals surface area (Å²) in [6.45, 7) is 1.55. The molecule has 0 radical (unpaired) electrons. The second-order valence-electron chi connectivity index (χ2n) is 5.65. The monoisotopic (exact) mass is 268 g/mol. The van der Waals surface area contributed by atoms with E-state index in [-0.39, 0.29) is 18.4 Å². The molecule has 1 amide bonds. The normalized spacial score (nSPS) is 23.4. The molecule has 5 nitrogen and oxygen atoms in total. The maximum atomic E-state index is 12.2. The van der Waals surface area contributed by atoms with Crippen LogP contribution in [0.3, 0.4) is 0 Å². The van der Waals surface area contributed by atoms with Gasteiger partial charge in [-0.2, -0.15) is 0 Å². The summed E-state index contributed by atoms with van der Waals surface area (Å²) in [6.07, 6.45) is 6.87. The van der Waals surface area contributed by atoms with Crippen molar-refractivity contribution >= 4 is 11.9 Å². The number of carboxylic acids is 1. The van der Waals surface area contributed by atoms with Crippen molar-refractivity contribution in [3.05, 3.63) is 0 Å². The van der Waals surface area contributed by atoms with Gasteiger partial charge >= 0.3 is 5.97 Å². The third kappa shape index (κ3) is 4.82. The molecule has 1 unspecified atom stereocenters. The van der Waals surface area contributed by atoms with Crippen LogP contribution < -0.4 is 5.32 Å². The molecule has 1 saturated carbocycles. The Morgan fingerprint density at radius 3 is 2.63 bits per heavy atom. The van der Waals surface area contributed by atoms with Crippen LogP contribution in [-0.2, 0) is 9.59 Å². The second kappa shape index (κ2) is 6.89. The Morgan fingerprint density at radius 1 is 1.16 bits per heavy atom. The standard InChI is InChI=1S/C14H24N2O3/c17-13(8-9-15-11-4-5-11)16-10-2-1-3-12(16)6-7-14(18)19/h11-12,15H,1-10H2,(H,18,19). The first kappa shape index (κ1) is 14.3. The molecule has 2 fully saturated rings. The van der Waals surface area contributed by atoms with Crippen LogP contribution in [-0.4, -0.2) is 47.1 Å². The fraction of sp³-hybridized carbons (Fsp3) is 0.857. The summed E-state index contributed by atoms with van der Waals surface area (Å²) in [4.78, 5) is 24.8. The van der Waals surface area contributed by atoms with Crippen molar-refractivity contribution in [1.29, 1.82) is 0 Å². The highest BCUT2D eigenvalue weighted by Crippen LogP contribution is 2.22. The number of carbonyl (C=O) groups is 2. The molecule has 19 heavy (non-hydrogen) atoms. The minimum atomic E-state index is -0.770. The number of likely N-dealkylation sites (tertiary alicyclic amines) is 1. The summed E-state index contributed by atoms with van der Waals surface area (Å²) in [6, 6.07) is 0.773. The molecular formula is C14H24N2O3. The van der Waals surface area contributed by atoms with Gasteiger partial charge in [0.2, 0.25) is 5.91 Å². The van der Waals surface area contributed by atoms with Gasteiger partial charge in [-0.25, -0.2) is 0 Å². The predicted molar refractivity (Wildman–Crippen MR) is 71.9 cm³/mol. The van der Waals surface area contributed by atoms with Crippen LogP contribution in [0.1, 0.15) is 51.4 Å². The van der Waals surface area contributed by atoms with Gasteiger partial charge in [-0.3, -0.25) is 9.59 Å². The first-order chi connectivity index (χ1) is 9.16. The Morgan fingerprint density at radius 2 is 1.95 bits per heavy atom. The number of nitrogens with zero attached hydrogens (tertiary/aromatic N) is 1. The van der Waals surface area contributed by atoms with Gasteiger partial charge in [-0.1, -0.05) is 0 Å². The molecule has 1 aliphatic carbocycles. The summed E-state index contributed by atoms with van der Waals surface area (Å²) in [7, 11) is 0. The molecule has 5 heteroatoms. The van der Waals surface area contributed by atoms with Gasteiger partial charge in [0.05, 0.1) is 0 Å². The molecular weight excluding hydrogens is 244 g/mol. The van der Waals surface area contributed by atoms with Crippen LogP contribution in [0.25, 0.3) is 0 Å². The second-order valence-corrected chi connectivity index (χ2v) is 5.65. The molecule has 0 bridgehead atoms. The van der Waals surface area contributed by atoms with Crippen molar-refractivity contribution in [2.24, 2.45) is 0 Å². The molecule has 2 N–H and O–H groups in total. The third-order valence-electron chi connectivity index (χ3n) is 3.99. The first-order valence-corrected chi connectivity index (χ1v) is 7.41. The Balaban J connectivity index is 1.75. The van der Waals surface area contributed by atoms with E-state index >= 15 is 0 Å². The molecule has 1 saturated heterocycles. The van der Waals surface area contributed by atoms with Crippen molar-refractivity contribution < 1.29 is 14.7 Å². The van der Waals surface area contributed by atoms with Crippen LogP contribution in [0.2, 0.25) is 0 Å². The van der Waals surface area contributed by atoms with E-state index in [2.05, 4.69) is 5.32 Å². The zero-order valence-corrected chi connectivity index (χ0v) is 11.4. The van der Waals surface area contributed by atoms with Crippen molar-refractivity contribution in [2.45, 2.75) is 63.5 Å². The summed E-state index contributed by atoms with van der Waals surface area (Å²) >= 11 is 0. The highest BCUT2D eigenvalue weighted by atomic mass is 16.4. The number of nitrogens with one attached hydrogen (secondary N) is 1. The number of aliphatic carboxylic acids is 1. The Kier molecular flexibility index (Phi) is 5.19. The summed E-state index contributed by atoms with van der Waals surface area (Å²) < 4.78 is 0. The number of carbonyl (C=O) groups excluding carboxylic acids is 1. The lowest BCUT2D eigenvalue weighted by Crippen LogP contribution is -2.44. The summed E-state index contributed by atoms with van der Waals surface area (Å²) in [5.41, 5.74) is 0. The summed E-state index contributed by atoms with van der Waals surface area (Å²) in [5, 5.41) is 12.1. The molecule has 0 aromatic rings. The maximum Gasteiger partial charge on any atom is 0.303 e. The lowest BCUT2D eigenvalue weighted by atomic mass is 9.97. The number of hydrogen-bond acceptors (Lipinski definition) is 3. The number of carboxylic acid groups (broad SMARTS) is 1. The number of amides is 1. The van der Waals surface area contributed by atoms with Crippen molar-refractivity contribution in [1.82, 2.24) is 10.2 Å². The molecule has 2 rings (SSSR count). The quantitative estimate of drug-likeness (QED) is 0.732. The fourth-order valence-electron chi connectivity index (χ4n) is 2.73. The van der Waals surface area contributed by atoms with Crippen LogP contribution in [0, 0.1) is 0 Å². The maximum absolute atomic E-state index is 12.2. The Hall–Kier alpha value is -1.10. The number of piperidine rings is 1. The minimum absolute atomic E-state index is 0.137. The van der Waals surface area contributed by atoms with Crippen molar-refractivity contribution in [3.8, 4) is 0 Å². The predicted octanol–water partition coefficient (Wildman–Crippen LogP) is 1.37. The summed E-state index contributed by atoms with van der Waals surface area (Å²) in [5.74, 6) is -0.586. The SMILES string of the molecule is O=C(O)CCC1CCCCN1C(=O)CCNC1CC1. The molecule has 1 atom stereocenters. The van der Waals surface area contributed by atoms with E-state index in [0.717, 1.165) is 32.4 Å². The van der Waals surface area contributed by atoms with Crippen LogP contribution >= 0.6 is 0 Å². The van der Waals surface area contributed by atoms with Gasteiger partial charge in [-0.05, 0) is 38.5 Å². The minimum Gasteiger partial charge on any atom is -0.481 e. The van der Waals surface area contributed by atoms with E-state index in [1.54, 1.807) is 0 Å². The molecule has 1 heterocycles. The topological polar surface area (TPSA) is 69.6 Å². The lowest BCUT2D eigenvalue weighted by Gasteiger charge is -2.35. The zero-order valence-electron chi connectivity index (χ0n) is 11.4. The van der Waals surface area contributed by atoms with E-state index < -0.39 is 5.97 Å². The van der Waals surface area contributed by atoms with E-state index in [1.165, 1.54) is 12.8 Å². The largest absolute Gasteiger partial charge is 0.481 e. The number of rotatable bonds is 7. The molecule has 2 aliphatic rings. The van der Waals surface area contributed by atoms with Gasteiger partial charge in [0.1, 0.15) is 0 Å². The van der Waals surface area contributed by atoms with Crippen molar-refractivity contribution in [3.63, 3.8) is 0 Å². The zero-order chi connectivity index (χ0) is 13.7. The van der Waals surface area contributed by atoms with Gasteiger partial charge in [0.25, 0.3) is 0 Å². The highest BCUT2D eigenvalue weighted by molar-refractivity contribution is 5.77. The Bertz CT molecular complexity index is 329. The highest BCUT2D eigenvalue weighted by Gasteiger charge is 2.27. The van der Waals surface area contributed by atoms with E-state index in [1.807, 2.05) is 4.90 Å². The van der Waals surface area contributed by atoms with E-state index in [9.17, 15) is 9.59 Å². The molecule has 108 valence electrons. The van der Waals surface area contributed by atoms with Crippen molar-refractivity contribution in [2.75, 3.05) is 13.1 Å². The third-order valence-corrected chi connectivity index (χ3v) is 3.99. The molecule has 1 aliphatic heterocycles. The average molecular weight is 268 g/mol. The molecule has 0 spiro atoms. The van der Waals surface area contributed by atoms with Gasteiger partial charge in [-0.15, -0.1) is 0 Å². The van der Waals surface area contributed by atoms with Gasteiger partial charge in [0.15, 0.2) is 0 Å². The van der Waals surface area contributed by atoms with Gasteiger partial charge < -0.3 is 15.3 Å². The van der Waals surface area contributed by atoms with E-state index in [4.69, 9.17) is 5.11 Å². The Labute approximate surface area is 114 Å². The fourth-order valence-corrected chi connectivity index (χ4v) is 2.73. The number of hydrogen-bond donors (Lipinski definition) is 2. The van der Waals surface area contributed by atoms with Gasteiger partial charge in [0, 0.05) is 38.0 Å². The molecule has 0 aromatic carbocycles. The first-order valence-electron chi connectivity index (χ1n) is 7.41. The lowest BCUT2D eigenvalue weighted by molar-refractivity contribution is -0.140. The molecule has 0 aromatic heterocycles. The van der Waals surface area contributed by atoms with Crippen LogP contribution in [0.4, 0.5) is 0 Å². The van der Waals surface area contributed by atoms with Crippen LogP contribution in [0.15, 0.2) is 0 Å². The van der Waals surface area contributed by atoms with E-state index in [0.29, 0.717) is 18.9 Å². The average Bonchev–Trinajstić information content (AvgIpc) is 3.20. The smallest absolute Gasteiger partial charge is 0.303 e. The van der Waals surface area contributed by atoms with Crippen LogP contribution in [0.5, 0.6) is 0 Å².